The number of hydrogen-bond donors (Lipinski definition) is 2. The van der Waals surface area contributed by atoms with E-state index in [9.17, 15) is 19.2 Å². The third-order valence-corrected chi connectivity index (χ3v) is 4.79. The van der Waals surface area contributed by atoms with Crippen LogP contribution in [-0.2, 0) is 14.3 Å². The molecule has 3 rings (SSSR count). The van der Waals surface area contributed by atoms with Crippen molar-refractivity contribution in [3.05, 3.63) is 59.7 Å². The maximum atomic E-state index is 12.5. The lowest BCUT2D eigenvalue weighted by Gasteiger charge is -2.26. The number of anilines is 2. The van der Waals surface area contributed by atoms with Gasteiger partial charge in [-0.05, 0) is 61.4 Å². The summed E-state index contributed by atoms with van der Waals surface area (Å²) in [5.41, 5.74) is 2.13. The Kier molecular flexibility index (Phi) is 6.79. The molecule has 0 spiro atoms. The maximum absolute atomic E-state index is 12.5. The molecule has 0 unspecified atom stereocenters. The zero-order valence-corrected chi connectivity index (χ0v) is 16.6. The molecule has 0 saturated carbocycles. The smallest absolute Gasteiger partial charge is 0.325 e. The van der Waals surface area contributed by atoms with E-state index in [-0.39, 0.29) is 18.4 Å². The van der Waals surface area contributed by atoms with Crippen molar-refractivity contribution in [3.8, 4) is 0 Å². The number of ether oxygens (including phenoxy) is 1. The molecule has 1 heterocycles. The molecule has 2 aromatic carbocycles. The van der Waals surface area contributed by atoms with Crippen LogP contribution in [0.4, 0.5) is 11.4 Å². The minimum atomic E-state index is -0.539. The molecule has 0 aromatic heterocycles. The van der Waals surface area contributed by atoms with Gasteiger partial charge in [0.2, 0.25) is 5.91 Å². The van der Waals surface area contributed by atoms with Crippen LogP contribution in [-0.4, -0.2) is 43.9 Å². The molecule has 0 radical (unpaired) electrons. The van der Waals surface area contributed by atoms with Gasteiger partial charge in [-0.25, -0.2) is 0 Å². The average molecular weight is 409 g/mol. The molecule has 156 valence electrons. The highest BCUT2D eigenvalue weighted by molar-refractivity contribution is 6.05. The summed E-state index contributed by atoms with van der Waals surface area (Å²) >= 11 is 0. The zero-order valence-electron chi connectivity index (χ0n) is 16.6. The Morgan fingerprint density at radius 3 is 2.20 bits per heavy atom. The number of nitrogens with one attached hydrogen (secondary N) is 2. The number of nitrogens with zero attached hydrogens (tertiary/aromatic N) is 1. The minimum Gasteiger partial charge on any atom is -0.468 e. The molecule has 1 aliphatic rings. The first-order valence-electron chi connectivity index (χ1n) is 9.65. The van der Waals surface area contributed by atoms with Crippen molar-refractivity contribution in [1.82, 2.24) is 5.32 Å². The number of carbonyl (C=O) groups is 4. The first-order valence-corrected chi connectivity index (χ1v) is 9.65. The van der Waals surface area contributed by atoms with Crippen molar-refractivity contribution in [3.63, 3.8) is 0 Å². The van der Waals surface area contributed by atoms with E-state index < -0.39 is 11.9 Å². The van der Waals surface area contributed by atoms with Gasteiger partial charge in [0.25, 0.3) is 11.8 Å². The summed E-state index contributed by atoms with van der Waals surface area (Å²) in [5, 5.41) is 5.21. The average Bonchev–Trinajstić information content (AvgIpc) is 2.78. The third-order valence-electron chi connectivity index (χ3n) is 4.79. The molecule has 8 heteroatoms. The summed E-state index contributed by atoms with van der Waals surface area (Å²) in [6, 6.07) is 13.2. The number of amides is 3. The van der Waals surface area contributed by atoms with Crippen LogP contribution in [0.1, 0.15) is 40.0 Å². The Morgan fingerprint density at radius 1 is 0.933 bits per heavy atom. The lowest BCUT2D eigenvalue weighted by atomic mass is 10.1. The fourth-order valence-electron chi connectivity index (χ4n) is 3.11. The normalized spacial score (nSPS) is 13.5. The van der Waals surface area contributed by atoms with Gasteiger partial charge in [-0.3, -0.25) is 19.2 Å². The Bertz CT molecular complexity index is 938. The van der Waals surface area contributed by atoms with E-state index in [0.717, 1.165) is 18.5 Å². The summed E-state index contributed by atoms with van der Waals surface area (Å²) in [6.07, 6.45) is 2.45. The van der Waals surface area contributed by atoms with Crippen molar-refractivity contribution < 1.29 is 23.9 Å². The molecule has 1 fully saturated rings. The number of benzene rings is 2. The van der Waals surface area contributed by atoms with Crippen LogP contribution in [0.5, 0.6) is 0 Å². The van der Waals surface area contributed by atoms with Gasteiger partial charge in [0.15, 0.2) is 0 Å². The molecule has 2 aromatic rings. The van der Waals surface area contributed by atoms with Gasteiger partial charge in [0.1, 0.15) is 6.54 Å². The molecular weight excluding hydrogens is 386 g/mol. The first kappa shape index (κ1) is 21.0. The molecule has 1 saturated heterocycles. The molecule has 0 bridgehead atoms. The van der Waals surface area contributed by atoms with Crippen LogP contribution in [0.2, 0.25) is 0 Å². The van der Waals surface area contributed by atoms with Gasteiger partial charge in [0, 0.05) is 35.5 Å². The van der Waals surface area contributed by atoms with Crippen LogP contribution >= 0.6 is 0 Å². The quantitative estimate of drug-likeness (QED) is 0.713. The minimum absolute atomic E-state index is 0.106. The number of carbonyl (C=O) groups excluding carboxylic acids is 4. The van der Waals surface area contributed by atoms with Gasteiger partial charge < -0.3 is 20.3 Å². The predicted octanol–water partition coefficient (Wildman–Crippen LogP) is 2.36. The van der Waals surface area contributed by atoms with Crippen molar-refractivity contribution in [2.45, 2.75) is 19.3 Å². The highest BCUT2D eigenvalue weighted by Crippen LogP contribution is 2.21. The predicted molar refractivity (Wildman–Crippen MR) is 111 cm³/mol. The second-order valence-electron chi connectivity index (χ2n) is 6.84. The molecule has 30 heavy (non-hydrogen) atoms. The van der Waals surface area contributed by atoms with Crippen LogP contribution in [0, 0.1) is 0 Å². The highest BCUT2D eigenvalue weighted by Gasteiger charge is 2.19. The van der Waals surface area contributed by atoms with Crippen LogP contribution in [0.15, 0.2) is 48.5 Å². The van der Waals surface area contributed by atoms with Crippen LogP contribution in [0.25, 0.3) is 0 Å². The van der Waals surface area contributed by atoms with Crippen molar-refractivity contribution in [2.75, 3.05) is 30.4 Å². The van der Waals surface area contributed by atoms with Gasteiger partial charge in [-0.1, -0.05) is 0 Å². The molecule has 2 N–H and O–H groups in total. The van der Waals surface area contributed by atoms with Gasteiger partial charge in [0.05, 0.1) is 7.11 Å². The van der Waals surface area contributed by atoms with Crippen LogP contribution in [0.3, 0.4) is 0 Å². The molecule has 8 nitrogen and oxygen atoms in total. The van der Waals surface area contributed by atoms with Gasteiger partial charge in [-0.15, -0.1) is 0 Å². The maximum Gasteiger partial charge on any atom is 0.325 e. The van der Waals surface area contributed by atoms with E-state index in [4.69, 9.17) is 0 Å². The Balaban J connectivity index is 1.58. The SMILES string of the molecule is COC(=O)CNC(=O)c1ccc(NC(=O)c2ccc(N3CCCCC3=O)cc2)cc1. The number of piperidine rings is 1. The topological polar surface area (TPSA) is 105 Å². The highest BCUT2D eigenvalue weighted by atomic mass is 16.5. The molecular formula is C22H23N3O5. The van der Waals surface area contributed by atoms with E-state index in [1.807, 2.05) is 0 Å². The van der Waals surface area contributed by atoms with Crippen molar-refractivity contribution in [2.24, 2.45) is 0 Å². The van der Waals surface area contributed by atoms with Crippen LogP contribution < -0.4 is 15.5 Å². The Hall–Kier alpha value is -3.68. The van der Waals surface area contributed by atoms with Crippen molar-refractivity contribution >= 4 is 35.1 Å². The standard InChI is InChI=1S/C22H23N3O5/c1-30-20(27)14-23-21(28)15-5-9-17(10-6-15)24-22(29)16-7-11-18(12-8-16)25-13-3-2-4-19(25)26/h5-12H,2-4,13-14H2,1H3,(H,23,28)(H,24,29). The largest absolute Gasteiger partial charge is 0.468 e. The lowest BCUT2D eigenvalue weighted by molar-refractivity contribution is -0.139. The summed E-state index contributed by atoms with van der Waals surface area (Å²) in [4.78, 5) is 49.3. The monoisotopic (exact) mass is 409 g/mol. The third kappa shape index (κ3) is 5.22. The zero-order chi connectivity index (χ0) is 21.5. The van der Waals surface area contributed by atoms with E-state index in [1.165, 1.54) is 7.11 Å². The molecule has 0 aliphatic carbocycles. The van der Waals surface area contributed by atoms with Gasteiger partial charge >= 0.3 is 5.97 Å². The number of methoxy groups -OCH3 is 1. The second kappa shape index (κ2) is 9.69. The molecule has 3 amide bonds. The lowest BCUT2D eigenvalue weighted by Crippen LogP contribution is -2.35. The summed E-state index contributed by atoms with van der Waals surface area (Å²) in [6.45, 7) is 0.483. The molecule has 0 atom stereocenters. The van der Waals surface area contributed by atoms with E-state index >= 15 is 0 Å². The van der Waals surface area contributed by atoms with E-state index in [1.54, 1.807) is 53.4 Å². The number of hydrogen-bond acceptors (Lipinski definition) is 5. The summed E-state index contributed by atoms with van der Waals surface area (Å²) in [5.74, 6) is -1.15. The second-order valence-corrected chi connectivity index (χ2v) is 6.84. The number of esters is 1. The number of rotatable bonds is 6. The first-order chi connectivity index (χ1) is 14.5. The van der Waals surface area contributed by atoms with E-state index in [0.29, 0.717) is 29.8 Å². The van der Waals surface area contributed by atoms with Crippen molar-refractivity contribution in [1.29, 1.82) is 0 Å². The Labute approximate surface area is 174 Å². The van der Waals surface area contributed by atoms with Gasteiger partial charge in [-0.2, -0.15) is 0 Å². The Morgan fingerprint density at radius 2 is 1.57 bits per heavy atom. The fraction of sp³-hybridized carbons (Fsp3) is 0.273. The summed E-state index contributed by atoms with van der Waals surface area (Å²) < 4.78 is 4.47. The molecule has 1 aliphatic heterocycles. The summed E-state index contributed by atoms with van der Waals surface area (Å²) in [7, 11) is 1.24. The fourth-order valence-corrected chi connectivity index (χ4v) is 3.11. The van der Waals surface area contributed by atoms with E-state index in [2.05, 4.69) is 15.4 Å².